The number of H-pyrrole nitrogens is 1. The van der Waals surface area contributed by atoms with Crippen LogP contribution in [0, 0.1) is 0 Å². The van der Waals surface area contributed by atoms with Crippen molar-refractivity contribution in [3.05, 3.63) is 76.2 Å². The van der Waals surface area contributed by atoms with Gasteiger partial charge in [0.2, 0.25) is 0 Å². The molecule has 0 bridgehead atoms. The minimum absolute atomic E-state index is 0.0287. The monoisotopic (exact) mass is 448 g/mol. The topological polar surface area (TPSA) is 108 Å². The lowest BCUT2D eigenvalue weighted by Gasteiger charge is -2.26. The standard InChI is InChI=1S/C25H28N4O4/c1-2-19-14-23(31)28-24(26-19)17-8-5-9-20(13-17)27-25(32)29(16-21-10-6-12-33-21)15-18-7-3-4-11-22(18)30/h3-5,7-9,11,13-14,21,30H,2,6,10,12,15-16H2,1H3,(H,27,32)(H,26,28,31). The molecule has 0 aliphatic carbocycles. The van der Waals surface area contributed by atoms with Gasteiger partial charge >= 0.3 is 6.03 Å². The number of nitrogens with one attached hydrogen (secondary N) is 2. The van der Waals surface area contributed by atoms with Gasteiger partial charge in [0, 0.05) is 41.7 Å². The van der Waals surface area contributed by atoms with Gasteiger partial charge in [-0.2, -0.15) is 0 Å². The number of rotatable bonds is 7. The molecule has 3 N–H and O–H groups in total. The summed E-state index contributed by atoms with van der Waals surface area (Å²) in [5.41, 5.74) is 2.44. The van der Waals surface area contributed by atoms with Crippen molar-refractivity contribution in [3.63, 3.8) is 0 Å². The molecule has 0 saturated carbocycles. The zero-order chi connectivity index (χ0) is 23.2. The van der Waals surface area contributed by atoms with Gasteiger partial charge in [0.1, 0.15) is 11.6 Å². The van der Waals surface area contributed by atoms with Gasteiger partial charge in [-0.25, -0.2) is 9.78 Å². The van der Waals surface area contributed by atoms with Crippen molar-refractivity contribution >= 4 is 11.7 Å². The van der Waals surface area contributed by atoms with Gasteiger partial charge in [-0.05, 0) is 37.5 Å². The van der Waals surface area contributed by atoms with Crippen molar-refractivity contribution in [1.82, 2.24) is 14.9 Å². The first-order valence-corrected chi connectivity index (χ1v) is 11.2. The maximum absolute atomic E-state index is 13.2. The number of aromatic hydroxyl groups is 1. The highest BCUT2D eigenvalue weighted by molar-refractivity contribution is 5.90. The number of benzene rings is 2. The molecule has 2 aromatic carbocycles. The lowest BCUT2D eigenvalue weighted by atomic mass is 10.1. The quantitative estimate of drug-likeness (QED) is 0.508. The molecule has 4 rings (SSSR count). The molecule has 8 heteroatoms. The maximum atomic E-state index is 13.2. The summed E-state index contributed by atoms with van der Waals surface area (Å²) < 4.78 is 5.74. The molecule has 172 valence electrons. The van der Waals surface area contributed by atoms with Gasteiger partial charge in [0.15, 0.2) is 0 Å². The van der Waals surface area contributed by atoms with Crippen molar-refractivity contribution in [2.24, 2.45) is 0 Å². The number of ether oxygens (including phenoxy) is 1. The number of phenolic OH excluding ortho intramolecular Hbond substituents is 1. The molecule has 1 saturated heterocycles. The van der Waals surface area contributed by atoms with Crippen molar-refractivity contribution in [3.8, 4) is 17.1 Å². The van der Waals surface area contributed by atoms with E-state index in [0.717, 1.165) is 12.8 Å². The largest absolute Gasteiger partial charge is 0.508 e. The summed E-state index contributed by atoms with van der Waals surface area (Å²) in [6.45, 7) is 3.31. The van der Waals surface area contributed by atoms with Crippen LogP contribution in [0.25, 0.3) is 11.4 Å². The van der Waals surface area contributed by atoms with E-state index in [-0.39, 0.29) is 30.0 Å². The number of hydrogen-bond donors (Lipinski definition) is 3. The van der Waals surface area contributed by atoms with Crippen LogP contribution in [0.15, 0.2) is 59.4 Å². The van der Waals surface area contributed by atoms with Crippen LogP contribution >= 0.6 is 0 Å². The molecule has 8 nitrogen and oxygen atoms in total. The van der Waals surface area contributed by atoms with Gasteiger partial charge in [-0.15, -0.1) is 0 Å². The number of aryl methyl sites for hydroxylation is 1. The number of aromatic nitrogens is 2. The Morgan fingerprint density at radius 1 is 1.24 bits per heavy atom. The number of urea groups is 1. The van der Waals surface area contributed by atoms with Crippen LogP contribution in [-0.4, -0.2) is 45.3 Å². The fraction of sp³-hybridized carbons (Fsp3) is 0.320. The molecular formula is C25H28N4O4. The SMILES string of the molecule is CCc1cc(=O)[nH]c(-c2cccc(NC(=O)N(Cc3ccccc3O)CC3CCCO3)c2)n1. The zero-order valence-corrected chi connectivity index (χ0v) is 18.6. The second kappa shape index (κ2) is 10.3. The first-order chi connectivity index (χ1) is 16.0. The fourth-order valence-corrected chi connectivity index (χ4v) is 3.88. The second-order valence-electron chi connectivity index (χ2n) is 8.09. The number of phenols is 1. The van der Waals surface area contributed by atoms with Gasteiger partial charge in [-0.3, -0.25) is 4.79 Å². The van der Waals surface area contributed by atoms with Crippen molar-refractivity contribution in [2.45, 2.75) is 38.8 Å². The van der Waals surface area contributed by atoms with E-state index < -0.39 is 0 Å². The van der Waals surface area contributed by atoms with Crippen molar-refractivity contribution < 1.29 is 14.6 Å². The first kappa shape index (κ1) is 22.5. The van der Waals surface area contributed by atoms with Gasteiger partial charge in [0.25, 0.3) is 5.56 Å². The van der Waals surface area contributed by atoms with Crippen LogP contribution in [0.1, 0.15) is 31.0 Å². The third kappa shape index (κ3) is 5.78. The number of hydrogen-bond acceptors (Lipinski definition) is 5. The summed E-state index contributed by atoms with van der Waals surface area (Å²) in [4.78, 5) is 34.1. The lowest BCUT2D eigenvalue weighted by Crippen LogP contribution is -2.39. The summed E-state index contributed by atoms with van der Waals surface area (Å²) in [5.74, 6) is 0.608. The number of anilines is 1. The Bertz CT molecular complexity index is 1170. The molecule has 1 fully saturated rings. The number of carbonyl (C=O) groups is 1. The Kier molecular flexibility index (Phi) is 7.04. The average molecular weight is 449 g/mol. The zero-order valence-electron chi connectivity index (χ0n) is 18.6. The summed E-state index contributed by atoms with van der Waals surface area (Å²) in [6.07, 6.45) is 2.49. The minimum Gasteiger partial charge on any atom is -0.508 e. The summed E-state index contributed by atoms with van der Waals surface area (Å²) in [5, 5.41) is 13.1. The number of carbonyl (C=O) groups excluding carboxylic acids is 1. The van der Waals surface area contributed by atoms with E-state index in [0.29, 0.717) is 47.9 Å². The molecule has 1 aromatic heterocycles. The van der Waals surface area contributed by atoms with E-state index in [1.807, 2.05) is 19.1 Å². The Morgan fingerprint density at radius 3 is 2.85 bits per heavy atom. The van der Waals surface area contributed by atoms with Crippen molar-refractivity contribution in [2.75, 3.05) is 18.5 Å². The Labute approximate surface area is 192 Å². The van der Waals surface area contributed by atoms with E-state index in [1.165, 1.54) is 6.07 Å². The Hall–Kier alpha value is -3.65. The van der Waals surface area contributed by atoms with Crippen LogP contribution in [0.3, 0.4) is 0 Å². The second-order valence-corrected chi connectivity index (χ2v) is 8.09. The van der Waals surface area contributed by atoms with E-state index in [2.05, 4.69) is 15.3 Å². The van der Waals surface area contributed by atoms with E-state index in [9.17, 15) is 14.7 Å². The third-order valence-electron chi connectivity index (χ3n) is 5.63. The average Bonchev–Trinajstić information content (AvgIpc) is 3.33. The highest BCUT2D eigenvalue weighted by atomic mass is 16.5. The number of nitrogens with zero attached hydrogens (tertiary/aromatic N) is 2. The van der Waals surface area contributed by atoms with Crippen LogP contribution < -0.4 is 10.9 Å². The van der Waals surface area contributed by atoms with Crippen LogP contribution in [0.4, 0.5) is 10.5 Å². The normalized spacial score (nSPS) is 15.4. The van der Waals surface area contributed by atoms with E-state index in [1.54, 1.807) is 41.3 Å². The van der Waals surface area contributed by atoms with Gasteiger partial charge < -0.3 is 25.0 Å². The highest BCUT2D eigenvalue weighted by Gasteiger charge is 2.23. The number of para-hydroxylation sites is 1. The maximum Gasteiger partial charge on any atom is 0.322 e. The lowest BCUT2D eigenvalue weighted by molar-refractivity contribution is 0.0817. The summed E-state index contributed by atoms with van der Waals surface area (Å²) in [6, 6.07) is 15.4. The molecule has 3 aromatic rings. The summed E-state index contributed by atoms with van der Waals surface area (Å²) in [7, 11) is 0. The molecule has 1 aliphatic heterocycles. The molecule has 33 heavy (non-hydrogen) atoms. The molecule has 1 atom stereocenters. The highest BCUT2D eigenvalue weighted by Crippen LogP contribution is 2.23. The van der Waals surface area contributed by atoms with Crippen LogP contribution in [0.2, 0.25) is 0 Å². The predicted octanol–water partition coefficient (Wildman–Crippen LogP) is 3.92. The summed E-state index contributed by atoms with van der Waals surface area (Å²) >= 11 is 0. The third-order valence-corrected chi connectivity index (χ3v) is 5.63. The van der Waals surface area contributed by atoms with Gasteiger partial charge in [-0.1, -0.05) is 37.3 Å². The molecule has 0 spiro atoms. The fourth-order valence-electron chi connectivity index (χ4n) is 3.88. The van der Waals surface area contributed by atoms with Gasteiger partial charge in [0.05, 0.1) is 12.6 Å². The molecule has 1 unspecified atom stereocenters. The number of aromatic amines is 1. The minimum atomic E-state index is -0.297. The van der Waals surface area contributed by atoms with Crippen molar-refractivity contribution in [1.29, 1.82) is 0 Å². The molecule has 0 radical (unpaired) electrons. The first-order valence-electron chi connectivity index (χ1n) is 11.2. The molecule has 1 aliphatic rings. The molecular weight excluding hydrogens is 420 g/mol. The van der Waals surface area contributed by atoms with Crippen LogP contribution in [-0.2, 0) is 17.7 Å². The van der Waals surface area contributed by atoms with E-state index >= 15 is 0 Å². The molecule has 2 heterocycles. The predicted molar refractivity (Wildman–Crippen MR) is 126 cm³/mol. The smallest absolute Gasteiger partial charge is 0.322 e. The number of amides is 2. The Balaban J connectivity index is 1.54. The van der Waals surface area contributed by atoms with Crippen LogP contribution in [0.5, 0.6) is 5.75 Å². The van der Waals surface area contributed by atoms with E-state index in [4.69, 9.17) is 4.74 Å². The Morgan fingerprint density at radius 2 is 2.09 bits per heavy atom. The molecule has 2 amide bonds.